The van der Waals surface area contributed by atoms with Gasteiger partial charge in [-0.1, -0.05) is 175 Å². The Bertz CT molecular complexity index is 4380. The van der Waals surface area contributed by atoms with Gasteiger partial charge in [-0.3, -0.25) is 14.8 Å². The molecule has 0 saturated carbocycles. The Morgan fingerprint density at radius 1 is 0.500 bits per heavy atom. The molecule has 2 aliphatic rings. The van der Waals surface area contributed by atoms with Crippen LogP contribution in [0.3, 0.4) is 0 Å². The van der Waals surface area contributed by atoms with Crippen molar-refractivity contribution < 1.29 is 37.4 Å². The molecule has 8 aromatic rings. The molecular formula is C78H92F2N10O6Si2. The number of pyridine rings is 2. The van der Waals surface area contributed by atoms with Gasteiger partial charge < -0.3 is 29.1 Å². The van der Waals surface area contributed by atoms with Crippen molar-refractivity contribution in [2.24, 2.45) is 0 Å². The molecule has 16 nitrogen and oxygen atoms in total. The number of carbonyl (C=O) groups is 4. The van der Waals surface area contributed by atoms with E-state index in [0.717, 1.165) is 44.8 Å². The molecule has 0 spiro atoms. The normalized spacial score (nSPS) is 13.6. The van der Waals surface area contributed by atoms with Crippen LogP contribution in [0.1, 0.15) is 115 Å². The Labute approximate surface area is 578 Å². The van der Waals surface area contributed by atoms with Gasteiger partial charge in [0.2, 0.25) is 5.91 Å². The first-order valence-electron chi connectivity index (χ1n) is 33.6. The molecule has 6 heterocycles. The quantitative estimate of drug-likeness (QED) is 0.0350. The largest absolute Gasteiger partial charge is 0.444 e. The molecule has 2 amide bonds. The molecule has 0 unspecified atom stereocenters. The highest BCUT2D eigenvalue weighted by Crippen LogP contribution is 2.44. The molecule has 4 aromatic carbocycles. The van der Waals surface area contributed by atoms with E-state index in [4.69, 9.17) is 9.72 Å². The van der Waals surface area contributed by atoms with Gasteiger partial charge in [-0.05, 0) is 83.0 Å². The van der Waals surface area contributed by atoms with Crippen molar-refractivity contribution in [2.45, 2.75) is 143 Å². The minimum absolute atomic E-state index is 0.0886. The number of nitrogens with zero attached hydrogens (tertiary/aromatic N) is 10. The van der Waals surface area contributed by atoms with Crippen LogP contribution in [-0.2, 0) is 23.9 Å². The molecule has 0 atom stereocenters. The number of benzene rings is 4. The molecule has 4 aromatic heterocycles. The summed E-state index contributed by atoms with van der Waals surface area (Å²) in [7, 11) is -3.96. The number of amides is 2. The first-order valence-corrected chi connectivity index (χ1v) is 38.1. The molecular weight excluding hydrogens is 1270 g/mol. The lowest BCUT2D eigenvalue weighted by atomic mass is 9.97. The average Bonchev–Trinajstić information content (AvgIpc) is 0.723. The lowest BCUT2D eigenvalue weighted by Gasteiger charge is -2.38. The highest BCUT2D eigenvalue weighted by molar-refractivity contribution is 6.91. The summed E-state index contributed by atoms with van der Waals surface area (Å²) >= 11 is 0. The van der Waals surface area contributed by atoms with E-state index in [1.807, 2.05) is 98.5 Å². The van der Waals surface area contributed by atoms with Crippen molar-refractivity contribution in [3.8, 4) is 45.4 Å². The predicted molar refractivity (Wildman–Crippen MR) is 397 cm³/mol. The number of rotatable bonds is 13. The minimum atomic E-state index is -1.99. The lowest BCUT2D eigenvalue weighted by Crippen LogP contribution is -2.50. The number of piperazine rings is 2. The fourth-order valence-corrected chi connectivity index (χ4v) is 24.6. The second kappa shape index (κ2) is 31.8. The Balaban J connectivity index is 0.000000222. The number of hydrogen-bond acceptors (Lipinski definition) is 14. The maximum absolute atomic E-state index is 16.5. The summed E-state index contributed by atoms with van der Waals surface area (Å²) in [6.07, 6.45) is 8.96. The monoisotopic (exact) mass is 1360 g/mol. The Morgan fingerprint density at radius 2 is 0.857 bits per heavy atom. The van der Waals surface area contributed by atoms with Gasteiger partial charge in [0.15, 0.2) is 11.6 Å². The average molecular weight is 1360 g/mol. The summed E-state index contributed by atoms with van der Waals surface area (Å²) in [5, 5.41) is 4.87. The summed E-state index contributed by atoms with van der Waals surface area (Å²) in [5.74, 6) is 5.85. The third kappa shape index (κ3) is 15.9. The number of ether oxygens (including phenoxy) is 2. The van der Waals surface area contributed by atoms with Crippen LogP contribution in [0.25, 0.3) is 65.9 Å². The molecule has 2 saturated heterocycles. The fraction of sp³-hybridized carbons (Fsp3) is 0.385. The first kappa shape index (κ1) is 74.3. The van der Waals surface area contributed by atoms with E-state index in [-0.39, 0.29) is 34.4 Å². The molecule has 20 heteroatoms. The maximum atomic E-state index is 16.5. The second-order valence-electron chi connectivity index (χ2n) is 27.6. The van der Waals surface area contributed by atoms with Gasteiger partial charge in [-0.2, -0.15) is 0 Å². The zero-order valence-electron chi connectivity index (χ0n) is 59.4. The SMILES string of the molecule is C=CC(=O)N1CCN(c2ncnc3c(F)c(-c4cccc5cccc(C#C[Si](C(C)C)(C(C)C)C(C)C)c45)ncc23)CC1.C=CC(=O)OC(=O)C=C.CC(C)[Si](C#Cc1cccc2cccc(-c3ncc4c(N5CCN(C(=O)OC(C)(C)C)CC5)ncnc4c3F)c12)(C(C)C)C(C)C. The van der Waals surface area contributed by atoms with E-state index in [9.17, 15) is 19.2 Å². The van der Waals surface area contributed by atoms with Crippen LogP contribution in [-0.4, -0.2) is 138 Å². The zero-order chi connectivity index (χ0) is 71.6. The molecule has 2 fully saturated rings. The van der Waals surface area contributed by atoms with Gasteiger partial charge in [0.1, 0.15) is 68.5 Å². The Morgan fingerprint density at radius 3 is 1.19 bits per heavy atom. The number of esters is 2. The maximum Gasteiger partial charge on any atom is 0.410 e. The highest BCUT2D eigenvalue weighted by atomic mass is 28.3. The summed E-state index contributed by atoms with van der Waals surface area (Å²) in [4.78, 5) is 79.6. The molecule has 0 radical (unpaired) electrons. The third-order valence-corrected chi connectivity index (χ3v) is 31.5. The number of hydrogen-bond donors (Lipinski definition) is 0. The summed E-state index contributed by atoms with van der Waals surface area (Å²) in [6, 6.07) is 24.0. The van der Waals surface area contributed by atoms with Crippen LogP contribution in [0.4, 0.5) is 25.2 Å². The van der Waals surface area contributed by atoms with E-state index in [1.54, 1.807) is 22.2 Å². The van der Waals surface area contributed by atoms with Crippen LogP contribution in [0, 0.1) is 34.6 Å². The van der Waals surface area contributed by atoms with E-state index in [2.05, 4.69) is 160 Å². The van der Waals surface area contributed by atoms with E-state index in [0.29, 0.717) is 119 Å². The van der Waals surface area contributed by atoms with E-state index in [1.165, 1.54) is 18.7 Å². The van der Waals surface area contributed by atoms with Gasteiger partial charge in [0.25, 0.3) is 0 Å². The predicted octanol–water partition coefficient (Wildman–Crippen LogP) is 16.4. The van der Waals surface area contributed by atoms with Gasteiger partial charge in [-0.25, -0.2) is 43.1 Å². The zero-order valence-corrected chi connectivity index (χ0v) is 61.4. The van der Waals surface area contributed by atoms with Gasteiger partial charge in [0.05, 0.1) is 10.8 Å². The van der Waals surface area contributed by atoms with Crippen LogP contribution in [0.5, 0.6) is 0 Å². The van der Waals surface area contributed by atoms with Crippen molar-refractivity contribution in [1.82, 2.24) is 39.7 Å². The molecule has 10 rings (SSSR count). The lowest BCUT2D eigenvalue weighted by molar-refractivity contribution is -0.152. The molecule has 0 bridgehead atoms. The number of aromatic nitrogens is 6. The second-order valence-corrected chi connectivity index (χ2v) is 38.8. The summed E-state index contributed by atoms with van der Waals surface area (Å²) < 4.78 is 42.5. The van der Waals surface area contributed by atoms with Crippen molar-refractivity contribution >= 4 is 95.1 Å². The van der Waals surface area contributed by atoms with Crippen molar-refractivity contribution in [1.29, 1.82) is 0 Å². The molecule has 512 valence electrons. The highest BCUT2D eigenvalue weighted by Gasteiger charge is 2.43. The Kier molecular flexibility index (Phi) is 24.1. The van der Waals surface area contributed by atoms with Crippen LogP contribution < -0.4 is 9.80 Å². The fourth-order valence-electron chi connectivity index (χ4n) is 14.2. The minimum Gasteiger partial charge on any atom is -0.444 e. The number of fused-ring (bicyclic) bond motifs is 4. The molecule has 0 N–H and O–H groups in total. The van der Waals surface area contributed by atoms with Crippen LogP contribution >= 0.6 is 0 Å². The molecule has 2 aliphatic heterocycles. The van der Waals surface area contributed by atoms with E-state index >= 15 is 8.78 Å². The summed E-state index contributed by atoms with van der Waals surface area (Å²) in [6.45, 7) is 47.3. The number of halogens is 2. The van der Waals surface area contributed by atoms with Crippen LogP contribution in [0.15, 0.2) is 136 Å². The number of anilines is 2. The van der Waals surface area contributed by atoms with Gasteiger partial charge in [-0.15, -0.1) is 11.1 Å². The third-order valence-electron chi connectivity index (χ3n) is 18.9. The van der Waals surface area contributed by atoms with Crippen molar-refractivity contribution in [3.05, 3.63) is 159 Å². The smallest absolute Gasteiger partial charge is 0.410 e. The molecule has 98 heavy (non-hydrogen) atoms. The van der Waals surface area contributed by atoms with Crippen molar-refractivity contribution in [2.75, 3.05) is 62.2 Å². The van der Waals surface area contributed by atoms with Crippen molar-refractivity contribution in [3.63, 3.8) is 0 Å². The topological polar surface area (TPSA) is 177 Å². The first-order chi connectivity index (χ1) is 46.5. The molecule has 0 aliphatic carbocycles. The van der Waals surface area contributed by atoms with Crippen LogP contribution in [0.2, 0.25) is 33.2 Å². The Hall–Kier alpha value is -9.51. The van der Waals surface area contributed by atoms with Gasteiger partial charge >= 0.3 is 18.0 Å². The van der Waals surface area contributed by atoms with Gasteiger partial charge in [0, 0.05) is 110 Å². The number of carbonyl (C=O) groups excluding carboxylic acids is 4. The standard InChI is InChI=1S/C37H46FN5O2Si.C35H40FN5OSi.C6H6O3/c1-24(2)46(25(3)4,26(5)6)21-16-28-13-10-12-27-14-11-15-29(31(27)28)33-32(38)34-30(22-39-33)35(41-23-40-34)42-17-19-43(20-18-42)36(44)45-37(7,8)9;1-8-30(42)40-16-18-41(19-17-40)35-29-21-37-33(32(36)34(29)38-22-39-35)28-14-10-13-26-11-9-12-27(31(26)28)15-20-43(23(2)3,24(4)5)25(6)7;1-3-5(7)9-6(8)4-2/h10-15,22-26H,17-20H2,1-9H3;8-14,21-25H,1,16-19H2,2-7H3;3-4H,1-2H2. The van der Waals surface area contributed by atoms with E-state index < -0.39 is 45.3 Å². The summed E-state index contributed by atoms with van der Waals surface area (Å²) in [5.41, 5.74) is 14.3.